The lowest BCUT2D eigenvalue weighted by Gasteiger charge is -2.45. The predicted molar refractivity (Wildman–Crippen MR) is 139 cm³/mol. The van der Waals surface area contributed by atoms with E-state index in [2.05, 4.69) is 0 Å². The van der Waals surface area contributed by atoms with Gasteiger partial charge in [0.15, 0.2) is 5.78 Å². The zero-order valence-electron chi connectivity index (χ0n) is 22.4. The van der Waals surface area contributed by atoms with Crippen LogP contribution < -0.4 is 0 Å². The summed E-state index contributed by atoms with van der Waals surface area (Å²) in [7, 11) is 3.78. The minimum Gasteiger partial charge on any atom is -0.508 e. The van der Waals surface area contributed by atoms with Gasteiger partial charge in [-0.25, -0.2) is 4.39 Å². The third kappa shape index (κ3) is 6.27. The predicted octanol–water partition coefficient (Wildman–Crippen LogP) is 4.47. The first-order valence-electron chi connectivity index (χ1n) is 13.2. The molecule has 39 heavy (non-hydrogen) atoms. The molecule has 0 saturated carbocycles. The van der Waals surface area contributed by atoms with Gasteiger partial charge < -0.3 is 19.8 Å². The lowest BCUT2D eigenvalue weighted by molar-refractivity contribution is -0.185. The van der Waals surface area contributed by atoms with Crippen LogP contribution >= 0.6 is 0 Å². The molecular formula is C29H35F4N3O3. The topological polar surface area (TPSA) is 64.1 Å². The van der Waals surface area contributed by atoms with Gasteiger partial charge in [-0.3, -0.25) is 9.59 Å². The average molecular weight is 550 g/mol. The molecule has 2 aliphatic heterocycles. The molecule has 1 amide bonds. The van der Waals surface area contributed by atoms with Crippen molar-refractivity contribution in [2.75, 3.05) is 46.8 Å². The number of benzene rings is 2. The number of hydrogen-bond donors (Lipinski definition) is 1. The Bertz CT molecular complexity index is 1200. The highest BCUT2D eigenvalue weighted by Gasteiger charge is 2.52. The molecule has 0 bridgehead atoms. The minimum atomic E-state index is -4.56. The number of alkyl halides is 3. The highest BCUT2D eigenvalue weighted by Crippen LogP contribution is 2.43. The van der Waals surface area contributed by atoms with Gasteiger partial charge in [0.25, 0.3) is 0 Å². The van der Waals surface area contributed by atoms with E-state index in [-0.39, 0.29) is 55.1 Å². The summed E-state index contributed by atoms with van der Waals surface area (Å²) < 4.78 is 56.5. The molecule has 2 aromatic carbocycles. The number of likely N-dealkylation sites (tertiary alicyclic amines) is 2. The number of phenols is 1. The number of likely N-dealkylation sites (N-methyl/N-ethyl adjacent to an activating group) is 1. The van der Waals surface area contributed by atoms with Crippen LogP contribution in [-0.4, -0.2) is 90.5 Å². The van der Waals surface area contributed by atoms with E-state index >= 15 is 0 Å². The van der Waals surface area contributed by atoms with E-state index in [1.165, 1.54) is 24.3 Å². The molecule has 6 nitrogen and oxygen atoms in total. The number of aromatic hydroxyl groups is 1. The fourth-order valence-corrected chi connectivity index (χ4v) is 6.02. The van der Waals surface area contributed by atoms with Crippen molar-refractivity contribution in [2.24, 2.45) is 11.8 Å². The van der Waals surface area contributed by atoms with Gasteiger partial charge in [-0.05, 0) is 63.2 Å². The summed E-state index contributed by atoms with van der Waals surface area (Å²) in [4.78, 5) is 32.8. The zero-order valence-corrected chi connectivity index (χ0v) is 22.4. The first-order chi connectivity index (χ1) is 18.4. The molecule has 212 valence electrons. The summed E-state index contributed by atoms with van der Waals surface area (Å²) in [5.74, 6) is -4.29. The second-order valence-corrected chi connectivity index (χ2v) is 10.9. The lowest BCUT2D eigenvalue weighted by Crippen LogP contribution is -2.56. The Labute approximate surface area is 226 Å². The van der Waals surface area contributed by atoms with E-state index in [9.17, 15) is 32.3 Å². The van der Waals surface area contributed by atoms with Gasteiger partial charge in [-0.15, -0.1) is 0 Å². The largest absolute Gasteiger partial charge is 0.508 e. The summed E-state index contributed by atoms with van der Waals surface area (Å²) in [6, 6.07) is 8.45. The maximum Gasteiger partial charge on any atom is 0.408 e. The molecule has 2 aromatic rings. The molecule has 4 rings (SSSR count). The molecule has 2 fully saturated rings. The lowest BCUT2D eigenvalue weighted by atomic mass is 9.69. The highest BCUT2D eigenvalue weighted by atomic mass is 19.4. The van der Waals surface area contributed by atoms with Crippen molar-refractivity contribution < 1.29 is 32.3 Å². The van der Waals surface area contributed by atoms with E-state index in [0.717, 1.165) is 4.90 Å². The summed E-state index contributed by atoms with van der Waals surface area (Å²) in [6.07, 6.45) is -4.49. The Hall–Kier alpha value is -2.98. The first kappa shape index (κ1) is 29.0. The highest BCUT2D eigenvalue weighted by molar-refractivity contribution is 5.99. The molecule has 0 aromatic heterocycles. The zero-order chi connectivity index (χ0) is 28.5. The number of hydrogen-bond acceptors (Lipinski definition) is 5. The summed E-state index contributed by atoms with van der Waals surface area (Å²) in [5.41, 5.74) is 0.945. The number of amides is 1. The van der Waals surface area contributed by atoms with Crippen LogP contribution in [0.2, 0.25) is 0 Å². The van der Waals surface area contributed by atoms with Crippen LogP contribution in [0.3, 0.4) is 0 Å². The summed E-state index contributed by atoms with van der Waals surface area (Å²) >= 11 is 0. The fraction of sp³-hybridized carbons (Fsp3) is 0.517. The van der Waals surface area contributed by atoms with E-state index in [1.807, 2.05) is 23.9 Å². The van der Waals surface area contributed by atoms with Crippen molar-refractivity contribution in [3.63, 3.8) is 0 Å². The normalized spacial score (nSPS) is 24.4. The number of Topliss-reactive ketones (excluding diaryl/α,β-unsaturated/α-hetero) is 1. The molecule has 2 heterocycles. The standard InChI is InChI=1S/C29H35F4N3O3/c1-18-21(9-5-10-24(18)30)26-22(27(38)19-7-4-8-20(37)15-19)16-35(14-13-34(2)3)17-23(26)28(39)36-12-6-11-25(36)29(31,32)33/h4-5,7-10,15,22-23,25-26,37H,6,11-14,16-17H2,1-3H3/t22?,23?,25-,26?/m0/s1. The second kappa shape index (κ2) is 11.6. The van der Waals surface area contributed by atoms with E-state index in [1.54, 1.807) is 25.1 Å². The molecule has 0 aliphatic carbocycles. The van der Waals surface area contributed by atoms with Gasteiger partial charge >= 0.3 is 6.18 Å². The molecule has 0 radical (unpaired) electrons. The molecule has 2 aliphatic rings. The number of piperidine rings is 1. The second-order valence-electron chi connectivity index (χ2n) is 10.9. The van der Waals surface area contributed by atoms with Gasteiger partial charge in [0.1, 0.15) is 17.6 Å². The van der Waals surface area contributed by atoms with Crippen LogP contribution in [-0.2, 0) is 4.79 Å². The maximum atomic E-state index is 14.8. The summed E-state index contributed by atoms with van der Waals surface area (Å²) in [5, 5.41) is 10.0. The van der Waals surface area contributed by atoms with Crippen LogP contribution in [0.25, 0.3) is 0 Å². The van der Waals surface area contributed by atoms with Gasteiger partial charge in [-0.2, -0.15) is 13.2 Å². The molecule has 2 saturated heterocycles. The Morgan fingerprint density at radius 3 is 2.44 bits per heavy atom. The molecule has 4 atom stereocenters. The van der Waals surface area contributed by atoms with Gasteiger partial charge in [0.05, 0.1) is 5.92 Å². The van der Waals surface area contributed by atoms with Crippen molar-refractivity contribution in [2.45, 2.75) is 37.9 Å². The number of carbonyl (C=O) groups is 2. The average Bonchev–Trinajstić information content (AvgIpc) is 3.39. The van der Waals surface area contributed by atoms with Crippen LogP contribution in [0.1, 0.15) is 40.2 Å². The summed E-state index contributed by atoms with van der Waals surface area (Å²) in [6.45, 7) is 3.06. The van der Waals surface area contributed by atoms with Crippen molar-refractivity contribution >= 4 is 11.7 Å². The van der Waals surface area contributed by atoms with Crippen LogP contribution in [0, 0.1) is 24.6 Å². The van der Waals surface area contributed by atoms with Crippen LogP contribution in [0.15, 0.2) is 42.5 Å². The Morgan fingerprint density at radius 1 is 1.08 bits per heavy atom. The van der Waals surface area contributed by atoms with E-state index in [0.29, 0.717) is 18.7 Å². The number of ketones is 1. The van der Waals surface area contributed by atoms with E-state index < -0.39 is 41.7 Å². The monoisotopic (exact) mass is 549 g/mol. The third-order valence-corrected chi connectivity index (χ3v) is 8.01. The van der Waals surface area contributed by atoms with Crippen molar-refractivity contribution in [3.05, 3.63) is 65.0 Å². The Kier molecular flexibility index (Phi) is 8.66. The SMILES string of the molecule is Cc1c(F)cccc1C1C(C(=O)c2cccc(O)c2)CN(CCN(C)C)CC1C(=O)N1CCC[C@H]1C(F)(F)F. The maximum absolute atomic E-state index is 14.8. The number of nitrogens with zero attached hydrogens (tertiary/aromatic N) is 3. The van der Waals surface area contributed by atoms with Crippen LogP contribution in [0.4, 0.5) is 17.6 Å². The van der Waals surface area contributed by atoms with Crippen molar-refractivity contribution in [3.8, 4) is 5.75 Å². The number of phenolic OH excluding ortho intramolecular Hbond substituents is 1. The Balaban J connectivity index is 1.82. The van der Waals surface area contributed by atoms with E-state index in [4.69, 9.17) is 0 Å². The molecule has 1 N–H and O–H groups in total. The quantitative estimate of drug-likeness (QED) is 0.408. The third-order valence-electron chi connectivity index (χ3n) is 8.01. The first-order valence-corrected chi connectivity index (χ1v) is 13.2. The number of carbonyl (C=O) groups excluding carboxylic acids is 2. The Morgan fingerprint density at radius 2 is 1.77 bits per heavy atom. The molecular weight excluding hydrogens is 514 g/mol. The van der Waals surface area contributed by atoms with Crippen molar-refractivity contribution in [1.29, 1.82) is 0 Å². The molecule has 3 unspecified atom stereocenters. The van der Waals surface area contributed by atoms with Gasteiger partial charge in [0, 0.05) is 50.1 Å². The molecule has 10 heteroatoms. The van der Waals surface area contributed by atoms with Crippen molar-refractivity contribution in [1.82, 2.24) is 14.7 Å². The smallest absolute Gasteiger partial charge is 0.408 e. The minimum absolute atomic E-state index is 0.0166. The fourth-order valence-electron chi connectivity index (χ4n) is 6.02. The van der Waals surface area contributed by atoms with Crippen LogP contribution in [0.5, 0.6) is 5.75 Å². The van der Waals surface area contributed by atoms with Gasteiger partial charge in [-0.1, -0.05) is 24.3 Å². The van der Waals surface area contributed by atoms with Gasteiger partial charge in [0.2, 0.25) is 5.91 Å². The number of rotatable bonds is 7. The molecule has 0 spiro atoms. The number of halogens is 4.